The average Bonchev–Trinajstić information content (AvgIpc) is 3.46. The molecule has 2 aliphatic carbocycles. The summed E-state index contributed by atoms with van der Waals surface area (Å²) in [5, 5.41) is 7.73. The van der Waals surface area contributed by atoms with Crippen molar-refractivity contribution in [3.05, 3.63) is 42.1 Å². The third-order valence-electron chi connectivity index (χ3n) is 6.65. The molecule has 2 bridgehead atoms. The van der Waals surface area contributed by atoms with E-state index in [1.54, 1.807) is 0 Å². The quantitative estimate of drug-likeness (QED) is 0.389. The van der Waals surface area contributed by atoms with Crippen LogP contribution in [0, 0.1) is 17.8 Å². The Balaban J connectivity index is 1.47. The third-order valence-corrected chi connectivity index (χ3v) is 6.65. The Labute approximate surface area is 180 Å². The Morgan fingerprint density at radius 3 is 2.87 bits per heavy atom. The normalized spacial score (nSPS) is 24.8. The van der Waals surface area contributed by atoms with Crippen LogP contribution in [0.5, 0.6) is 0 Å². The number of primary amides is 1. The number of aromatic nitrogens is 3. The molecular formula is C23H27N7O. The predicted octanol–water partition coefficient (Wildman–Crippen LogP) is 3.63. The molecule has 0 radical (unpaired) electrons. The Morgan fingerprint density at radius 1 is 1.23 bits per heavy atom. The van der Waals surface area contributed by atoms with Crippen LogP contribution in [0.1, 0.15) is 31.7 Å². The van der Waals surface area contributed by atoms with Crippen LogP contribution in [0.15, 0.2) is 36.5 Å². The number of nitrogens with zero attached hydrogens (tertiary/aromatic N) is 2. The molecule has 31 heavy (non-hydrogen) atoms. The molecule has 1 aromatic carbocycles. The van der Waals surface area contributed by atoms with Gasteiger partial charge in [-0.15, -0.1) is 0 Å². The Kier molecular flexibility index (Phi) is 4.77. The van der Waals surface area contributed by atoms with Gasteiger partial charge in [-0.1, -0.05) is 12.2 Å². The van der Waals surface area contributed by atoms with E-state index < -0.39 is 0 Å². The number of nitrogen functional groups attached to an aromatic ring is 1. The van der Waals surface area contributed by atoms with Gasteiger partial charge < -0.3 is 27.1 Å². The molecule has 8 nitrogen and oxygen atoms in total. The maximum Gasteiger partial charge on any atom is 0.231 e. The number of nitrogens with two attached hydrogens (primary N) is 2. The van der Waals surface area contributed by atoms with Gasteiger partial charge in [0.15, 0.2) is 0 Å². The lowest BCUT2D eigenvalue weighted by Gasteiger charge is -2.30. The van der Waals surface area contributed by atoms with Gasteiger partial charge in [0.1, 0.15) is 11.5 Å². The molecule has 3 aromatic rings. The first-order valence-corrected chi connectivity index (χ1v) is 10.7. The summed E-state index contributed by atoms with van der Waals surface area (Å²) in [4.78, 5) is 24.7. The maximum absolute atomic E-state index is 12.1. The van der Waals surface area contributed by atoms with Crippen LogP contribution in [0.3, 0.4) is 0 Å². The Hall–Kier alpha value is -3.55. The number of rotatable bonds is 6. The standard InChI is InChI=1S/C23H27N7O/c1-2-3-12-11-15(6-7-17(12)24)27-23-29-21-16(8-9-26-21)22(30-23)28-19-14-5-4-13(10-14)18(19)20(25)31/h2-3,6-9,11,13-14,18-19H,4-5,10,24H2,1H3,(H2,25,31)(H3,26,27,28,29,30)/b3-2-. The summed E-state index contributed by atoms with van der Waals surface area (Å²) in [5.41, 5.74) is 15.0. The van der Waals surface area contributed by atoms with Crippen molar-refractivity contribution in [3.63, 3.8) is 0 Å². The number of fused-ring (bicyclic) bond motifs is 3. The first-order valence-electron chi connectivity index (χ1n) is 10.7. The number of hydrogen-bond donors (Lipinski definition) is 5. The molecule has 2 aliphatic rings. The molecule has 0 saturated heterocycles. The highest BCUT2D eigenvalue weighted by atomic mass is 16.1. The summed E-state index contributed by atoms with van der Waals surface area (Å²) < 4.78 is 0. The second-order valence-electron chi connectivity index (χ2n) is 8.54. The summed E-state index contributed by atoms with van der Waals surface area (Å²) in [5.74, 6) is 1.62. The van der Waals surface area contributed by atoms with Crippen molar-refractivity contribution in [1.82, 2.24) is 15.0 Å². The zero-order valence-electron chi connectivity index (χ0n) is 17.4. The summed E-state index contributed by atoms with van der Waals surface area (Å²) in [7, 11) is 0. The number of nitrogens with one attached hydrogen (secondary N) is 3. The largest absolute Gasteiger partial charge is 0.398 e. The fourth-order valence-electron chi connectivity index (χ4n) is 5.28. The van der Waals surface area contributed by atoms with Gasteiger partial charge in [0, 0.05) is 23.6 Å². The molecule has 7 N–H and O–H groups in total. The van der Waals surface area contributed by atoms with Gasteiger partial charge in [0.25, 0.3) is 0 Å². The van der Waals surface area contributed by atoms with Gasteiger partial charge in [-0.2, -0.15) is 9.97 Å². The fraction of sp³-hybridized carbons (Fsp3) is 0.348. The second kappa shape index (κ2) is 7.61. The number of carbonyl (C=O) groups is 1. The third kappa shape index (κ3) is 3.48. The van der Waals surface area contributed by atoms with Crippen molar-refractivity contribution in [3.8, 4) is 0 Å². The highest BCUT2D eigenvalue weighted by Crippen LogP contribution is 2.49. The maximum atomic E-state index is 12.1. The summed E-state index contributed by atoms with van der Waals surface area (Å²) in [6, 6.07) is 7.67. The number of H-pyrrole nitrogens is 1. The van der Waals surface area contributed by atoms with Gasteiger partial charge in [0.05, 0.1) is 11.3 Å². The molecule has 1 amide bonds. The van der Waals surface area contributed by atoms with Crippen molar-refractivity contribution in [2.75, 3.05) is 16.4 Å². The van der Waals surface area contributed by atoms with Gasteiger partial charge in [-0.3, -0.25) is 4.79 Å². The molecule has 5 rings (SSSR count). The zero-order valence-corrected chi connectivity index (χ0v) is 17.4. The minimum Gasteiger partial charge on any atom is -0.398 e. The van der Waals surface area contributed by atoms with E-state index in [0.717, 1.165) is 41.5 Å². The molecule has 4 unspecified atom stereocenters. The predicted molar refractivity (Wildman–Crippen MR) is 124 cm³/mol. The molecule has 2 heterocycles. The van der Waals surface area contributed by atoms with Crippen molar-refractivity contribution in [1.29, 1.82) is 0 Å². The highest BCUT2D eigenvalue weighted by molar-refractivity contribution is 5.89. The van der Waals surface area contributed by atoms with Crippen LogP contribution >= 0.6 is 0 Å². The van der Waals surface area contributed by atoms with E-state index in [1.165, 1.54) is 0 Å². The van der Waals surface area contributed by atoms with E-state index in [9.17, 15) is 4.79 Å². The van der Waals surface area contributed by atoms with E-state index in [-0.39, 0.29) is 17.9 Å². The Morgan fingerprint density at radius 2 is 2.06 bits per heavy atom. The van der Waals surface area contributed by atoms with Crippen molar-refractivity contribution in [2.24, 2.45) is 23.5 Å². The molecule has 0 aliphatic heterocycles. The van der Waals surface area contributed by atoms with Crippen LogP contribution < -0.4 is 22.1 Å². The number of hydrogen-bond acceptors (Lipinski definition) is 6. The van der Waals surface area contributed by atoms with Crippen LogP contribution in [-0.2, 0) is 4.79 Å². The number of benzene rings is 1. The number of carbonyl (C=O) groups excluding carboxylic acids is 1. The molecule has 0 spiro atoms. The topological polar surface area (TPSA) is 135 Å². The minimum absolute atomic E-state index is 0.00918. The molecule has 4 atom stereocenters. The van der Waals surface area contributed by atoms with Gasteiger partial charge in [-0.25, -0.2) is 0 Å². The molecular weight excluding hydrogens is 390 g/mol. The van der Waals surface area contributed by atoms with E-state index in [2.05, 4.69) is 20.6 Å². The number of aromatic amines is 1. The van der Waals surface area contributed by atoms with Gasteiger partial charge >= 0.3 is 0 Å². The number of anilines is 4. The molecule has 8 heteroatoms. The second-order valence-corrected chi connectivity index (χ2v) is 8.54. The fourth-order valence-corrected chi connectivity index (χ4v) is 5.28. The molecule has 2 aromatic heterocycles. The first kappa shape index (κ1) is 19.4. The van der Waals surface area contributed by atoms with Crippen LogP contribution in [-0.4, -0.2) is 26.9 Å². The summed E-state index contributed by atoms with van der Waals surface area (Å²) >= 11 is 0. The monoisotopic (exact) mass is 417 g/mol. The van der Waals surface area contributed by atoms with Crippen molar-refractivity contribution >= 4 is 46.2 Å². The van der Waals surface area contributed by atoms with Gasteiger partial charge in [0.2, 0.25) is 11.9 Å². The highest BCUT2D eigenvalue weighted by Gasteiger charge is 2.50. The Bertz CT molecular complexity index is 1170. The minimum atomic E-state index is -0.221. The number of amides is 1. The lowest BCUT2D eigenvalue weighted by molar-refractivity contribution is -0.123. The molecule has 2 fully saturated rings. The zero-order chi connectivity index (χ0) is 21.5. The molecule has 160 valence electrons. The first-order chi connectivity index (χ1) is 15.0. The van der Waals surface area contributed by atoms with E-state index in [0.29, 0.717) is 29.3 Å². The lowest BCUT2D eigenvalue weighted by atomic mass is 9.84. The van der Waals surface area contributed by atoms with E-state index >= 15 is 0 Å². The number of allylic oxidation sites excluding steroid dienone is 1. The smallest absolute Gasteiger partial charge is 0.231 e. The molecule has 2 saturated carbocycles. The van der Waals surface area contributed by atoms with Crippen LogP contribution in [0.25, 0.3) is 17.1 Å². The van der Waals surface area contributed by atoms with E-state index in [4.69, 9.17) is 16.5 Å². The average molecular weight is 418 g/mol. The van der Waals surface area contributed by atoms with Crippen molar-refractivity contribution < 1.29 is 4.79 Å². The lowest BCUT2D eigenvalue weighted by Crippen LogP contribution is -2.42. The summed E-state index contributed by atoms with van der Waals surface area (Å²) in [6.45, 7) is 1.95. The summed E-state index contributed by atoms with van der Waals surface area (Å²) in [6.07, 6.45) is 9.01. The van der Waals surface area contributed by atoms with Crippen LogP contribution in [0.4, 0.5) is 23.1 Å². The van der Waals surface area contributed by atoms with Crippen molar-refractivity contribution in [2.45, 2.75) is 32.2 Å². The van der Waals surface area contributed by atoms with E-state index in [1.807, 2.05) is 49.5 Å². The SMILES string of the molecule is C/C=C\c1cc(Nc2nc(NC3C4CCC(C4)C3C(N)=O)c3cc[nH]c3n2)ccc1N. The van der Waals surface area contributed by atoms with Crippen LogP contribution in [0.2, 0.25) is 0 Å². The van der Waals surface area contributed by atoms with Gasteiger partial charge in [-0.05, 0) is 67.9 Å².